The Balaban J connectivity index is 2.02. The van der Waals surface area contributed by atoms with Crippen LogP contribution in [0.1, 0.15) is 37.7 Å². The summed E-state index contributed by atoms with van der Waals surface area (Å²) in [5.74, 6) is 0. The van der Waals surface area contributed by atoms with Crippen LogP contribution in [-0.4, -0.2) is 11.2 Å². The fourth-order valence-corrected chi connectivity index (χ4v) is 2.83. The van der Waals surface area contributed by atoms with Crippen molar-refractivity contribution in [3.05, 3.63) is 28.8 Å². The molecule has 2 N–H and O–H groups in total. The minimum Gasteiger partial charge on any atom is -0.360 e. The second-order valence-electron chi connectivity index (χ2n) is 5.13. The summed E-state index contributed by atoms with van der Waals surface area (Å²) in [6.07, 6.45) is 1.16. The van der Waals surface area contributed by atoms with Crippen LogP contribution in [0.5, 0.6) is 0 Å². The molecule has 0 amide bonds. The Bertz CT molecular complexity index is 513. The summed E-state index contributed by atoms with van der Waals surface area (Å²) in [6, 6.07) is 3.42. The van der Waals surface area contributed by atoms with E-state index in [-0.39, 0.29) is 16.8 Å². The van der Waals surface area contributed by atoms with Crippen LogP contribution in [0.2, 0.25) is 5.02 Å². The van der Waals surface area contributed by atoms with Crippen molar-refractivity contribution in [1.82, 2.24) is 5.32 Å². The van der Waals surface area contributed by atoms with Gasteiger partial charge in [-0.05, 0) is 43.3 Å². The molecule has 1 fully saturated rings. The zero-order valence-corrected chi connectivity index (χ0v) is 12.8. The largest absolute Gasteiger partial charge is 0.416 e. The number of benzene rings is 1. The number of hydrogen-bond donors (Lipinski definition) is 2. The normalized spacial score (nSPS) is 16.6. The Morgan fingerprint density at radius 3 is 2.48 bits per heavy atom. The fraction of sp³-hybridized carbons (Fsp3) is 0.500. The molecule has 0 bridgehead atoms. The highest BCUT2D eigenvalue weighted by Crippen LogP contribution is 2.33. The van der Waals surface area contributed by atoms with Gasteiger partial charge in [-0.25, -0.2) is 0 Å². The number of alkyl halides is 3. The highest BCUT2D eigenvalue weighted by molar-refractivity contribution is 7.80. The minimum absolute atomic E-state index is 0.166. The van der Waals surface area contributed by atoms with Crippen molar-refractivity contribution >= 4 is 34.6 Å². The predicted octanol–water partition coefficient (Wildman–Crippen LogP) is 4.98. The van der Waals surface area contributed by atoms with Crippen LogP contribution in [-0.2, 0) is 6.18 Å². The molecule has 0 saturated heterocycles. The number of halogens is 4. The maximum absolute atomic E-state index is 12.7. The molecular formula is C14H16ClF3N2S. The zero-order chi connectivity index (χ0) is 15.5. The molecule has 0 spiro atoms. The molecule has 1 aliphatic carbocycles. The van der Waals surface area contributed by atoms with E-state index in [2.05, 4.69) is 10.6 Å². The molecule has 116 valence electrons. The van der Waals surface area contributed by atoms with E-state index in [1.165, 1.54) is 12.5 Å². The Kier molecular flexibility index (Phi) is 5.32. The van der Waals surface area contributed by atoms with E-state index in [0.29, 0.717) is 5.11 Å². The van der Waals surface area contributed by atoms with E-state index >= 15 is 0 Å². The Hall–Kier alpha value is -1.01. The minimum atomic E-state index is -4.40. The third kappa shape index (κ3) is 4.74. The molecule has 0 unspecified atom stereocenters. The second kappa shape index (κ2) is 6.83. The summed E-state index contributed by atoms with van der Waals surface area (Å²) in [5, 5.41) is 6.40. The van der Waals surface area contributed by atoms with Crippen molar-refractivity contribution in [2.45, 2.75) is 44.3 Å². The average Bonchev–Trinajstić information content (AvgIpc) is 2.41. The van der Waals surface area contributed by atoms with Crippen LogP contribution in [0.3, 0.4) is 0 Å². The molecule has 0 aromatic heterocycles. The van der Waals surface area contributed by atoms with Gasteiger partial charge in [-0.2, -0.15) is 13.2 Å². The number of rotatable bonds is 2. The van der Waals surface area contributed by atoms with Gasteiger partial charge in [-0.3, -0.25) is 0 Å². The topological polar surface area (TPSA) is 24.1 Å². The number of thiocarbonyl (C=S) groups is 1. The van der Waals surface area contributed by atoms with E-state index in [1.807, 2.05) is 0 Å². The lowest BCUT2D eigenvalue weighted by atomic mass is 9.96. The van der Waals surface area contributed by atoms with Gasteiger partial charge in [0.2, 0.25) is 0 Å². The van der Waals surface area contributed by atoms with E-state index in [4.69, 9.17) is 23.8 Å². The molecule has 1 aromatic carbocycles. The first-order valence-corrected chi connectivity index (χ1v) is 7.59. The number of anilines is 1. The third-order valence-electron chi connectivity index (χ3n) is 3.48. The maximum Gasteiger partial charge on any atom is 0.416 e. The van der Waals surface area contributed by atoms with Crippen molar-refractivity contribution in [2.75, 3.05) is 5.32 Å². The van der Waals surface area contributed by atoms with Crippen LogP contribution in [0.4, 0.5) is 18.9 Å². The van der Waals surface area contributed by atoms with E-state index in [1.54, 1.807) is 0 Å². The summed E-state index contributed by atoms with van der Waals surface area (Å²) in [4.78, 5) is 0. The van der Waals surface area contributed by atoms with Gasteiger partial charge in [-0.1, -0.05) is 30.9 Å². The molecule has 0 heterocycles. The fourth-order valence-electron chi connectivity index (χ4n) is 2.39. The maximum atomic E-state index is 12.7. The van der Waals surface area contributed by atoms with E-state index in [9.17, 15) is 13.2 Å². The second-order valence-corrected chi connectivity index (χ2v) is 5.94. The van der Waals surface area contributed by atoms with Gasteiger partial charge in [0.1, 0.15) is 0 Å². The van der Waals surface area contributed by atoms with Crippen LogP contribution in [0.15, 0.2) is 18.2 Å². The summed E-state index contributed by atoms with van der Waals surface area (Å²) in [6.45, 7) is 0. The first-order valence-electron chi connectivity index (χ1n) is 6.80. The molecule has 21 heavy (non-hydrogen) atoms. The lowest BCUT2D eigenvalue weighted by molar-refractivity contribution is -0.137. The highest BCUT2D eigenvalue weighted by atomic mass is 35.5. The molecule has 2 nitrogen and oxygen atoms in total. The molecular weight excluding hydrogens is 321 g/mol. The predicted molar refractivity (Wildman–Crippen MR) is 82.7 cm³/mol. The van der Waals surface area contributed by atoms with Crippen LogP contribution >= 0.6 is 23.8 Å². The average molecular weight is 337 g/mol. The third-order valence-corrected chi connectivity index (χ3v) is 4.03. The lowest BCUT2D eigenvalue weighted by Gasteiger charge is -2.24. The molecule has 2 rings (SSSR count). The van der Waals surface area contributed by atoms with Crippen molar-refractivity contribution in [2.24, 2.45) is 0 Å². The molecule has 0 aliphatic heterocycles. The van der Waals surface area contributed by atoms with Gasteiger partial charge >= 0.3 is 6.18 Å². The quantitative estimate of drug-likeness (QED) is 0.745. The van der Waals surface area contributed by atoms with Gasteiger partial charge in [0.25, 0.3) is 0 Å². The van der Waals surface area contributed by atoms with Crippen LogP contribution in [0.25, 0.3) is 0 Å². The van der Waals surface area contributed by atoms with Crippen LogP contribution in [0, 0.1) is 0 Å². The van der Waals surface area contributed by atoms with Crippen molar-refractivity contribution < 1.29 is 13.2 Å². The summed E-state index contributed by atoms with van der Waals surface area (Å²) < 4.78 is 38.1. The molecule has 0 radical (unpaired) electrons. The highest BCUT2D eigenvalue weighted by Gasteiger charge is 2.31. The molecule has 7 heteroatoms. The molecule has 1 saturated carbocycles. The summed E-state index contributed by atoms with van der Waals surface area (Å²) in [5.41, 5.74) is -0.588. The smallest absolute Gasteiger partial charge is 0.360 e. The monoisotopic (exact) mass is 336 g/mol. The van der Waals surface area contributed by atoms with Gasteiger partial charge in [0.15, 0.2) is 5.11 Å². The molecule has 1 aliphatic rings. The number of nitrogens with one attached hydrogen (secondary N) is 2. The summed E-state index contributed by atoms with van der Waals surface area (Å²) in [7, 11) is 0. The van der Waals surface area contributed by atoms with E-state index in [0.717, 1.165) is 37.8 Å². The Labute approximate surface area is 132 Å². The van der Waals surface area contributed by atoms with Crippen LogP contribution < -0.4 is 10.6 Å². The SMILES string of the molecule is FC(F)(F)c1ccc(Cl)c(NC(=S)NC2CCCCC2)c1. The Morgan fingerprint density at radius 2 is 1.86 bits per heavy atom. The lowest BCUT2D eigenvalue weighted by Crippen LogP contribution is -2.38. The van der Waals surface area contributed by atoms with Gasteiger partial charge in [-0.15, -0.1) is 0 Å². The van der Waals surface area contributed by atoms with Crippen molar-refractivity contribution in [1.29, 1.82) is 0 Å². The molecule has 1 aromatic rings. The van der Waals surface area contributed by atoms with Gasteiger partial charge in [0, 0.05) is 6.04 Å². The Morgan fingerprint density at radius 1 is 1.19 bits per heavy atom. The zero-order valence-electron chi connectivity index (χ0n) is 11.3. The van der Waals surface area contributed by atoms with E-state index < -0.39 is 11.7 Å². The van der Waals surface area contributed by atoms with Gasteiger partial charge in [0.05, 0.1) is 16.3 Å². The first-order chi connectivity index (χ1) is 9.86. The first kappa shape index (κ1) is 16.4. The van der Waals surface area contributed by atoms with Crippen molar-refractivity contribution in [3.63, 3.8) is 0 Å². The standard InChI is InChI=1S/C14H16ClF3N2S/c15-11-7-6-9(14(16,17)18)8-12(11)20-13(21)19-10-4-2-1-3-5-10/h6-8,10H,1-5H2,(H2,19,20,21). The summed E-state index contributed by atoms with van der Waals surface area (Å²) >= 11 is 11.1. The number of hydrogen-bond acceptors (Lipinski definition) is 1. The van der Waals surface area contributed by atoms with Crippen molar-refractivity contribution in [3.8, 4) is 0 Å². The van der Waals surface area contributed by atoms with Gasteiger partial charge < -0.3 is 10.6 Å². The molecule has 0 atom stereocenters.